The minimum Gasteiger partial charge on any atom is -0.368 e. The van der Waals surface area contributed by atoms with E-state index in [1.54, 1.807) is 0 Å². The molecule has 0 aromatic carbocycles. The Hall–Kier alpha value is -1.03. The SMILES string of the molecule is CCN1CCC[C@@H](c2[nH]nc3c2CCN3)C1. The van der Waals surface area contributed by atoms with Crippen molar-refractivity contribution >= 4 is 5.82 Å². The van der Waals surface area contributed by atoms with Crippen molar-refractivity contribution in [2.24, 2.45) is 0 Å². The fraction of sp³-hybridized carbons (Fsp3) is 0.750. The third-order valence-corrected chi connectivity index (χ3v) is 3.93. The monoisotopic (exact) mass is 220 g/mol. The molecule has 1 fully saturated rings. The number of anilines is 1. The highest BCUT2D eigenvalue weighted by atomic mass is 15.2. The first-order valence-electron chi connectivity index (χ1n) is 6.42. The molecule has 2 N–H and O–H groups in total. The average Bonchev–Trinajstić information content (AvgIpc) is 2.90. The summed E-state index contributed by atoms with van der Waals surface area (Å²) in [7, 11) is 0. The van der Waals surface area contributed by atoms with E-state index in [2.05, 4.69) is 27.3 Å². The second kappa shape index (κ2) is 4.09. The number of aromatic amines is 1. The van der Waals surface area contributed by atoms with Gasteiger partial charge in [0.2, 0.25) is 0 Å². The summed E-state index contributed by atoms with van der Waals surface area (Å²) < 4.78 is 0. The van der Waals surface area contributed by atoms with Gasteiger partial charge in [0, 0.05) is 30.3 Å². The summed E-state index contributed by atoms with van der Waals surface area (Å²) in [6, 6.07) is 0. The largest absolute Gasteiger partial charge is 0.368 e. The normalized spacial score (nSPS) is 25.4. The van der Waals surface area contributed by atoms with Crippen molar-refractivity contribution in [3.05, 3.63) is 11.3 Å². The van der Waals surface area contributed by atoms with Gasteiger partial charge in [-0.25, -0.2) is 0 Å². The van der Waals surface area contributed by atoms with Crippen LogP contribution in [0.25, 0.3) is 0 Å². The zero-order valence-corrected chi connectivity index (χ0v) is 9.92. The molecule has 4 nitrogen and oxygen atoms in total. The van der Waals surface area contributed by atoms with Crippen LogP contribution in [0.3, 0.4) is 0 Å². The van der Waals surface area contributed by atoms with Crippen molar-refractivity contribution in [1.29, 1.82) is 0 Å². The summed E-state index contributed by atoms with van der Waals surface area (Å²) in [5, 5.41) is 10.9. The average molecular weight is 220 g/mol. The van der Waals surface area contributed by atoms with Crippen molar-refractivity contribution in [2.75, 3.05) is 31.5 Å². The number of piperidine rings is 1. The first-order chi connectivity index (χ1) is 7.88. The minimum absolute atomic E-state index is 0.671. The summed E-state index contributed by atoms with van der Waals surface area (Å²) in [4.78, 5) is 2.55. The molecule has 88 valence electrons. The van der Waals surface area contributed by atoms with Crippen LogP contribution in [-0.2, 0) is 6.42 Å². The molecule has 3 heterocycles. The Labute approximate surface area is 96.4 Å². The van der Waals surface area contributed by atoms with Crippen LogP contribution in [-0.4, -0.2) is 41.3 Å². The lowest BCUT2D eigenvalue weighted by atomic mass is 9.92. The lowest BCUT2D eigenvalue weighted by molar-refractivity contribution is 0.215. The van der Waals surface area contributed by atoms with Gasteiger partial charge in [-0.3, -0.25) is 5.10 Å². The van der Waals surface area contributed by atoms with Crippen LogP contribution in [0.5, 0.6) is 0 Å². The third-order valence-electron chi connectivity index (χ3n) is 3.93. The van der Waals surface area contributed by atoms with E-state index in [0.29, 0.717) is 5.92 Å². The predicted molar refractivity (Wildman–Crippen MR) is 64.9 cm³/mol. The van der Waals surface area contributed by atoms with Gasteiger partial charge >= 0.3 is 0 Å². The molecule has 4 heteroatoms. The number of nitrogens with one attached hydrogen (secondary N) is 2. The fourth-order valence-electron chi connectivity index (χ4n) is 3.00. The fourth-order valence-corrected chi connectivity index (χ4v) is 3.00. The molecule has 0 spiro atoms. The van der Waals surface area contributed by atoms with Gasteiger partial charge in [0.1, 0.15) is 0 Å². The van der Waals surface area contributed by atoms with Gasteiger partial charge in [0.15, 0.2) is 5.82 Å². The van der Waals surface area contributed by atoms with Crippen molar-refractivity contribution in [3.8, 4) is 0 Å². The van der Waals surface area contributed by atoms with Crippen LogP contribution in [0.4, 0.5) is 5.82 Å². The number of rotatable bonds is 2. The first kappa shape index (κ1) is 10.1. The Morgan fingerprint density at radius 3 is 3.31 bits per heavy atom. The molecule has 1 atom stereocenters. The van der Waals surface area contributed by atoms with Gasteiger partial charge in [-0.1, -0.05) is 6.92 Å². The summed E-state index contributed by atoms with van der Waals surface area (Å²) >= 11 is 0. The van der Waals surface area contributed by atoms with Gasteiger partial charge in [0.05, 0.1) is 0 Å². The Balaban J connectivity index is 1.81. The number of fused-ring (bicyclic) bond motifs is 1. The number of likely N-dealkylation sites (tertiary alicyclic amines) is 1. The molecule has 0 radical (unpaired) electrons. The predicted octanol–water partition coefficient (Wildman–Crippen LogP) is 1.58. The van der Waals surface area contributed by atoms with Crippen molar-refractivity contribution in [3.63, 3.8) is 0 Å². The molecular formula is C12H20N4. The molecule has 0 amide bonds. The van der Waals surface area contributed by atoms with Crippen molar-refractivity contribution in [1.82, 2.24) is 15.1 Å². The van der Waals surface area contributed by atoms with Gasteiger partial charge < -0.3 is 10.2 Å². The number of likely N-dealkylation sites (N-methyl/N-ethyl adjacent to an activating group) is 1. The van der Waals surface area contributed by atoms with Crippen molar-refractivity contribution in [2.45, 2.75) is 32.1 Å². The maximum atomic E-state index is 4.37. The van der Waals surface area contributed by atoms with Crippen LogP contribution in [0, 0.1) is 0 Å². The van der Waals surface area contributed by atoms with Gasteiger partial charge in [-0.15, -0.1) is 0 Å². The summed E-state index contributed by atoms with van der Waals surface area (Å²) in [5.74, 6) is 1.77. The number of H-pyrrole nitrogens is 1. The third kappa shape index (κ3) is 1.61. The van der Waals surface area contributed by atoms with E-state index in [1.165, 1.54) is 43.7 Å². The number of nitrogens with zero attached hydrogens (tertiary/aromatic N) is 2. The molecular weight excluding hydrogens is 200 g/mol. The Morgan fingerprint density at radius 2 is 2.44 bits per heavy atom. The zero-order chi connectivity index (χ0) is 11.0. The molecule has 16 heavy (non-hydrogen) atoms. The smallest absolute Gasteiger partial charge is 0.151 e. The minimum atomic E-state index is 0.671. The maximum Gasteiger partial charge on any atom is 0.151 e. The summed E-state index contributed by atoms with van der Waals surface area (Å²) in [6.45, 7) is 6.95. The second-order valence-electron chi connectivity index (χ2n) is 4.87. The van der Waals surface area contributed by atoms with Crippen molar-refractivity contribution < 1.29 is 0 Å². The van der Waals surface area contributed by atoms with E-state index in [1.807, 2.05) is 0 Å². The van der Waals surface area contributed by atoms with Crippen LogP contribution in [0.2, 0.25) is 0 Å². The van der Waals surface area contributed by atoms with Gasteiger partial charge in [0.25, 0.3) is 0 Å². The van der Waals surface area contributed by atoms with Gasteiger partial charge in [-0.2, -0.15) is 5.10 Å². The maximum absolute atomic E-state index is 4.37. The molecule has 0 aliphatic carbocycles. The molecule has 3 rings (SSSR count). The first-order valence-corrected chi connectivity index (χ1v) is 6.42. The Morgan fingerprint density at radius 1 is 1.50 bits per heavy atom. The molecule has 2 aliphatic rings. The molecule has 1 saturated heterocycles. The molecule has 1 aromatic rings. The van der Waals surface area contributed by atoms with Crippen LogP contribution in [0.15, 0.2) is 0 Å². The Kier molecular flexibility index (Phi) is 2.59. The van der Waals surface area contributed by atoms with Gasteiger partial charge in [-0.05, 0) is 32.4 Å². The van der Waals surface area contributed by atoms with E-state index in [-0.39, 0.29) is 0 Å². The quantitative estimate of drug-likeness (QED) is 0.795. The number of hydrogen-bond acceptors (Lipinski definition) is 3. The highest BCUT2D eigenvalue weighted by molar-refractivity contribution is 5.52. The number of hydrogen-bond donors (Lipinski definition) is 2. The number of aromatic nitrogens is 2. The van der Waals surface area contributed by atoms with E-state index < -0.39 is 0 Å². The van der Waals surface area contributed by atoms with Crippen LogP contribution in [0.1, 0.15) is 36.9 Å². The van der Waals surface area contributed by atoms with E-state index in [9.17, 15) is 0 Å². The van der Waals surface area contributed by atoms with E-state index in [4.69, 9.17) is 0 Å². The summed E-state index contributed by atoms with van der Waals surface area (Å²) in [6.07, 6.45) is 3.77. The zero-order valence-electron chi connectivity index (χ0n) is 9.92. The summed E-state index contributed by atoms with van der Waals surface area (Å²) in [5.41, 5.74) is 2.85. The standard InChI is InChI=1S/C12H20N4/c1-2-16-7-3-4-9(8-16)11-10-5-6-13-12(10)15-14-11/h9H,2-8H2,1H3,(H2,13,14,15)/t9-/m1/s1. The van der Waals surface area contributed by atoms with E-state index in [0.717, 1.165) is 18.8 Å². The Bertz CT molecular complexity index is 371. The van der Waals surface area contributed by atoms with Crippen LogP contribution < -0.4 is 5.32 Å². The van der Waals surface area contributed by atoms with Crippen LogP contribution >= 0.6 is 0 Å². The molecule has 2 aliphatic heterocycles. The second-order valence-corrected chi connectivity index (χ2v) is 4.87. The molecule has 0 bridgehead atoms. The highest BCUT2D eigenvalue weighted by Gasteiger charge is 2.27. The molecule has 0 unspecified atom stereocenters. The topological polar surface area (TPSA) is 44.0 Å². The van der Waals surface area contributed by atoms with E-state index >= 15 is 0 Å². The molecule has 0 saturated carbocycles. The lowest BCUT2D eigenvalue weighted by Crippen LogP contribution is -2.34. The molecule has 1 aromatic heterocycles. The lowest BCUT2D eigenvalue weighted by Gasteiger charge is -2.31. The highest BCUT2D eigenvalue weighted by Crippen LogP contribution is 2.32.